The summed E-state index contributed by atoms with van der Waals surface area (Å²) < 4.78 is 6.99. The molecule has 5 fully saturated rings. The van der Waals surface area contributed by atoms with Crippen molar-refractivity contribution < 1.29 is 19.1 Å². The number of nitrogens with one attached hydrogen (secondary N) is 3. The quantitative estimate of drug-likeness (QED) is 0.274. The largest absolute Gasteiger partial charge is 0.462 e. The molecule has 1 unspecified atom stereocenters. The Kier molecular flexibility index (Phi) is 13.0. The molecule has 296 valence electrons. The van der Waals surface area contributed by atoms with Gasteiger partial charge in [-0.25, -0.2) is 9.78 Å². The number of carbonyl (C=O) groups excluding carboxylic acids is 3. The first-order valence-electron chi connectivity index (χ1n) is 20.6. The summed E-state index contributed by atoms with van der Waals surface area (Å²) in [5.74, 6) is 1.96. The smallest absolute Gasteiger partial charge is 0.343 e. The summed E-state index contributed by atoms with van der Waals surface area (Å²) in [6.45, 7) is 12.5. The second kappa shape index (κ2) is 18.2. The number of aryl methyl sites for hydroxylation is 1. The van der Waals surface area contributed by atoms with Crippen molar-refractivity contribution in [3.05, 3.63) is 24.2 Å². The monoisotopic (exact) mass is 747 g/mol. The van der Waals surface area contributed by atoms with Crippen LogP contribution in [0, 0.1) is 17.8 Å². The molecule has 2 saturated carbocycles. The van der Waals surface area contributed by atoms with Crippen molar-refractivity contribution in [2.75, 3.05) is 89.2 Å². The minimum atomic E-state index is -0.442. The summed E-state index contributed by atoms with van der Waals surface area (Å²) >= 11 is 0. The molecule has 5 aliphatic rings. The second-order valence-electron chi connectivity index (χ2n) is 16.1. The topological polar surface area (TPSA) is 153 Å². The van der Waals surface area contributed by atoms with Gasteiger partial charge in [-0.15, -0.1) is 0 Å². The second-order valence-corrected chi connectivity index (χ2v) is 16.1. The Morgan fingerprint density at radius 1 is 0.852 bits per heavy atom. The normalized spacial score (nSPS) is 27.1. The lowest BCUT2D eigenvalue weighted by molar-refractivity contribution is -0.143. The van der Waals surface area contributed by atoms with Crippen molar-refractivity contribution in [1.29, 1.82) is 0 Å². The molecule has 0 bridgehead atoms. The Labute approximate surface area is 319 Å². The van der Waals surface area contributed by atoms with Crippen molar-refractivity contribution in [3.8, 4) is 0 Å². The number of anilines is 3. The van der Waals surface area contributed by atoms with Gasteiger partial charge in [-0.05, 0) is 96.7 Å². The van der Waals surface area contributed by atoms with E-state index in [0.717, 1.165) is 135 Å². The maximum absolute atomic E-state index is 13.6. The van der Waals surface area contributed by atoms with Crippen molar-refractivity contribution in [1.82, 2.24) is 44.7 Å². The molecular formula is C39H61N11O4. The number of hydrogen-bond acceptors (Lipinski definition) is 12. The molecule has 1 atom stereocenters. The lowest BCUT2D eigenvalue weighted by Gasteiger charge is -2.43. The number of hydrogen-bond donors (Lipinski definition) is 3. The SMILES string of the molecule is CCOC(=O)c1cnc(Nc2cnn(C)c2)nc1NC1CCC(N2CCN(C(=O)C3CCC(C(=O)N4CCN(CCC5CCNC5)CC4)CC3)CC2)CC1. The number of nitrogens with zero attached hydrogens (tertiary/aromatic N) is 8. The highest BCUT2D eigenvalue weighted by Gasteiger charge is 2.37. The summed E-state index contributed by atoms with van der Waals surface area (Å²) in [5, 5.41) is 14.3. The van der Waals surface area contributed by atoms with Gasteiger partial charge in [0.05, 0.1) is 18.5 Å². The van der Waals surface area contributed by atoms with Crippen LogP contribution in [-0.4, -0.2) is 148 Å². The third kappa shape index (κ3) is 9.69. The van der Waals surface area contributed by atoms with Crippen LogP contribution in [-0.2, 0) is 21.4 Å². The highest BCUT2D eigenvalue weighted by atomic mass is 16.5. The Bertz CT molecular complexity index is 1550. The number of ether oxygens (including phenoxy) is 1. The molecule has 5 heterocycles. The average molecular weight is 748 g/mol. The summed E-state index contributed by atoms with van der Waals surface area (Å²) in [4.78, 5) is 58.0. The van der Waals surface area contributed by atoms with Gasteiger partial charge < -0.3 is 30.5 Å². The molecule has 2 amide bonds. The highest BCUT2D eigenvalue weighted by molar-refractivity contribution is 5.94. The molecular weight excluding hydrogens is 687 g/mol. The summed E-state index contributed by atoms with van der Waals surface area (Å²) in [6.07, 6.45) is 14.9. The van der Waals surface area contributed by atoms with Crippen LogP contribution in [0.15, 0.2) is 18.6 Å². The molecule has 0 radical (unpaired) electrons. The number of amides is 2. The molecule has 2 aromatic rings. The van der Waals surface area contributed by atoms with Crippen LogP contribution in [0.5, 0.6) is 0 Å². The average Bonchev–Trinajstić information content (AvgIpc) is 3.89. The first-order valence-corrected chi connectivity index (χ1v) is 20.6. The minimum Gasteiger partial charge on any atom is -0.462 e. The summed E-state index contributed by atoms with van der Waals surface area (Å²) in [6, 6.07) is 0.653. The van der Waals surface area contributed by atoms with E-state index in [9.17, 15) is 14.4 Å². The van der Waals surface area contributed by atoms with E-state index in [4.69, 9.17) is 4.74 Å². The van der Waals surface area contributed by atoms with Gasteiger partial charge in [-0.3, -0.25) is 24.1 Å². The maximum atomic E-state index is 13.6. The van der Waals surface area contributed by atoms with E-state index in [1.165, 1.54) is 19.0 Å². The minimum absolute atomic E-state index is 0.0467. The standard InChI is InChI=1S/C39H61N11O4/c1-3-54-38(53)34-26-41-39(44-32-25-42-46(2)27-32)45-35(34)43-31-8-10-33(11-9-31)48-20-22-50(23-21-48)37(52)30-6-4-29(5-7-30)36(51)49-18-16-47(17-19-49)15-13-28-12-14-40-24-28/h25-31,33,40H,3-24H2,1-2H3,(H2,41,43,44,45). The molecule has 15 nitrogen and oxygen atoms in total. The van der Waals surface area contributed by atoms with Crippen LogP contribution < -0.4 is 16.0 Å². The van der Waals surface area contributed by atoms with Crippen LogP contribution >= 0.6 is 0 Å². The Morgan fingerprint density at radius 2 is 1.52 bits per heavy atom. The molecule has 54 heavy (non-hydrogen) atoms. The van der Waals surface area contributed by atoms with Crippen LogP contribution in [0.4, 0.5) is 17.5 Å². The first kappa shape index (κ1) is 38.5. The Balaban J connectivity index is 0.816. The zero-order chi connectivity index (χ0) is 37.4. The van der Waals surface area contributed by atoms with Gasteiger partial charge in [0.2, 0.25) is 17.8 Å². The van der Waals surface area contributed by atoms with Gasteiger partial charge in [0.1, 0.15) is 11.4 Å². The predicted octanol–water partition coefficient (Wildman–Crippen LogP) is 2.95. The van der Waals surface area contributed by atoms with Crippen molar-refractivity contribution in [2.45, 2.75) is 83.2 Å². The molecule has 3 aliphatic heterocycles. The Hall–Kier alpha value is -3.82. The molecule has 15 heteroatoms. The van der Waals surface area contributed by atoms with E-state index < -0.39 is 5.97 Å². The fourth-order valence-corrected chi connectivity index (χ4v) is 9.23. The molecule has 3 saturated heterocycles. The molecule has 2 aliphatic carbocycles. The maximum Gasteiger partial charge on any atom is 0.343 e. The molecule has 0 spiro atoms. The third-order valence-electron chi connectivity index (χ3n) is 12.6. The van der Waals surface area contributed by atoms with Gasteiger partial charge in [-0.1, -0.05) is 0 Å². The van der Waals surface area contributed by atoms with Crippen LogP contribution in [0.3, 0.4) is 0 Å². The fraction of sp³-hybridized carbons (Fsp3) is 0.744. The van der Waals surface area contributed by atoms with Crippen LogP contribution in [0.1, 0.15) is 81.5 Å². The molecule has 2 aromatic heterocycles. The zero-order valence-electron chi connectivity index (χ0n) is 32.4. The predicted molar refractivity (Wildman–Crippen MR) is 206 cm³/mol. The van der Waals surface area contributed by atoms with Gasteiger partial charge in [0.25, 0.3) is 0 Å². The van der Waals surface area contributed by atoms with Crippen molar-refractivity contribution in [3.63, 3.8) is 0 Å². The van der Waals surface area contributed by atoms with Crippen LogP contribution in [0.2, 0.25) is 0 Å². The lowest BCUT2D eigenvalue weighted by atomic mass is 9.80. The van der Waals surface area contributed by atoms with Crippen LogP contribution in [0.25, 0.3) is 0 Å². The summed E-state index contributed by atoms with van der Waals surface area (Å²) in [5.41, 5.74) is 1.09. The van der Waals surface area contributed by atoms with E-state index in [1.807, 2.05) is 13.2 Å². The first-order chi connectivity index (χ1) is 26.3. The third-order valence-corrected chi connectivity index (χ3v) is 12.6. The van der Waals surface area contributed by atoms with Gasteiger partial charge in [0.15, 0.2) is 0 Å². The fourth-order valence-electron chi connectivity index (χ4n) is 9.23. The molecule has 7 rings (SSSR count). The van der Waals surface area contributed by atoms with Gasteiger partial charge in [-0.2, -0.15) is 10.1 Å². The Morgan fingerprint density at radius 3 is 2.11 bits per heavy atom. The number of piperazine rings is 2. The van der Waals surface area contributed by atoms with Gasteiger partial charge in [0, 0.05) is 95.7 Å². The lowest BCUT2D eigenvalue weighted by Crippen LogP contribution is -2.54. The number of esters is 1. The van der Waals surface area contributed by atoms with E-state index in [2.05, 4.69) is 50.6 Å². The number of carbonyl (C=O) groups is 3. The zero-order valence-corrected chi connectivity index (χ0v) is 32.4. The van der Waals surface area contributed by atoms with Crippen molar-refractivity contribution in [2.24, 2.45) is 24.8 Å². The van der Waals surface area contributed by atoms with Gasteiger partial charge >= 0.3 is 5.97 Å². The van der Waals surface area contributed by atoms with E-state index in [-0.39, 0.29) is 24.5 Å². The molecule has 0 aromatic carbocycles. The highest BCUT2D eigenvalue weighted by Crippen LogP contribution is 2.33. The van der Waals surface area contributed by atoms with Crippen molar-refractivity contribution >= 4 is 35.2 Å². The number of rotatable bonds is 12. The number of aromatic nitrogens is 4. The molecule has 3 N–H and O–H groups in total. The van der Waals surface area contributed by atoms with E-state index in [0.29, 0.717) is 35.2 Å². The van der Waals surface area contributed by atoms with E-state index in [1.54, 1.807) is 17.8 Å². The van der Waals surface area contributed by atoms with E-state index >= 15 is 0 Å². The summed E-state index contributed by atoms with van der Waals surface area (Å²) in [7, 11) is 1.84.